The molecule has 0 heterocycles. The molecule has 64 valence electrons. The van der Waals surface area contributed by atoms with Gasteiger partial charge in [-0.2, -0.15) is 0 Å². The van der Waals surface area contributed by atoms with Crippen LogP contribution < -0.4 is 16.4 Å². The Morgan fingerprint density at radius 1 is 1.36 bits per heavy atom. The zero-order valence-corrected chi connectivity index (χ0v) is 7.18. The summed E-state index contributed by atoms with van der Waals surface area (Å²) in [5, 5.41) is 5.76. The molecular weight excluding hydrogens is 142 g/mol. The summed E-state index contributed by atoms with van der Waals surface area (Å²) in [5.41, 5.74) is 5.40. The maximum Gasteiger partial charge on any atom is 0.197 e. The molecule has 11 heavy (non-hydrogen) atoms. The molecule has 0 aromatic carbocycles. The van der Waals surface area contributed by atoms with E-state index in [0.29, 0.717) is 11.9 Å². The van der Waals surface area contributed by atoms with Crippen LogP contribution in [0, 0.1) is 0 Å². The summed E-state index contributed by atoms with van der Waals surface area (Å²) in [6.45, 7) is 2.78. The van der Waals surface area contributed by atoms with Gasteiger partial charge in [0.05, 0.1) is 0 Å². The Morgan fingerprint density at radius 2 is 2.00 bits per heavy atom. The lowest BCUT2D eigenvalue weighted by molar-refractivity contribution is 0.926. The summed E-state index contributed by atoms with van der Waals surface area (Å²) >= 11 is 0. The Labute approximate surface area is 66.8 Å². The van der Waals surface area contributed by atoms with Crippen molar-refractivity contribution in [2.24, 2.45) is 15.7 Å². The van der Waals surface area contributed by atoms with Crippen LogP contribution in [0.25, 0.3) is 0 Å². The molecule has 0 spiro atoms. The van der Waals surface area contributed by atoms with Gasteiger partial charge in [-0.15, -0.1) is 0 Å². The van der Waals surface area contributed by atoms with Gasteiger partial charge in [0, 0.05) is 20.6 Å². The number of nitrogens with two attached hydrogens (primary N) is 1. The second-order valence-corrected chi connectivity index (χ2v) is 1.84. The van der Waals surface area contributed by atoms with Crippen molar-refractivity contribution in [3.05, 3.63) is 0 Å². The molecule has 0 aliphatic rings. The molecule has 0 atom stereocenters. The second kappa shape index (κ2) is 5.52. The van der Waals surface area contributed by atoms with E-state index < -0.39 is 0 Å². The monoisotopic (exact) mass is 157 g/mol. The molecule has 0 aliphatic carbocycles. The van der Waals surface area contributed by atoms with Crippen molar-refractivity contribution >= 4 is 11.9 Å². The van der Waals surface area contributed by atoms with Crippen LogP contribution in [0.5, 0.6) is 0 Å². The Hall–Kier alpha value is -1.26. The van der Waals surface area contributed by atoms with E-state index in [4.69, 9.17) is 5.73 Å². The quantitative estimate of drug-likeness (QED) is 0.341. The van der Waals surface area contributed by atoms with E-state index in [2.05, 4.69) is 20.6 Å². The van der Waals surface area contributed by atoms with Gasteiger partial charge in [-0.1, -0.05) is 0 Å². The Balaban J connectivity index is 3.89. The molecule has 0 rings (SSSR count). The maximum absolute atomic E-state index is 5.40. The van der Waals surface area contributed by atoms with E-state index in [1.54, 1.807) is 14.1 Å². The van der Waals surface area contributed by atoms with E-state index in [9.17, 15) is 0 Å². The summed E-state index contributed by atoms with van der Waals surface area (Å²) in [5.74, 6) is 0.988. The summed E-state index contributed by atoms with van der Waals surface area (Å²) in [6.07, 6.45) is 0. The van der Waals surface area contributed by atoms with Gasteiger partial charge in [0.15, 0.2) is 11.9 Å². The lowest BCUT2D eigenvalue weighted by Gasteiger charge is -2.07. The van der Waals surface area contributed by atoms with E-state index in [1.807, 2.05) is 6.92 Å². The van der Waals surface area contributed by atoms with Gasteiger partial charge in [-0.3, -0.25) is 15.3 Å². The van der Waals surface area contributed by atoms with Gasteiger partial charge in [0.25, 0.3) is 0 Å². The largest absolute Gasteiger partial charge is 0.370 e. The van der Waals surface area contributed by atoms with E-state index in [0.717, 1.165) is 6.54 Å². The van der Waals surface area contributed by atoms with Crippen molar-refractivity contribution in [2.45, 2.75) is 6.92 Å². The van der Waals surface area contributed by atoms with Gasteiger partial charge >= 0.3 is 0 Å². The number of nitrogens with zero attached hydrogens (tertiary/aromatic N) is 2. The summed E-state index contributed by atoms with van der Waals surface area (Å²) in [7, 11) is 3.29. The Bertz CT molecular complexity index is 160. The topological polar surface area (TPSA) is 74.8 Å². The first-order valence-electron chi connectivity index (χ1n) is 3.44. The average Bonchev–Trinajstić information content (AvgIpc) is 2.03. The number of aliphatic imine (C=N–C) groups is 2. The van der Waals surface area contributed by atoms with E-state index >= 15 is 0 Å². The molecule has 0 aliphatic heterocycles. The normalized spacial score (nSPS) is 13.0. The van der Waals surface area contributed by atoms with Crippen LogP contribution in [-0.4, -0.2) is 32.6 Å². The van der Waals surface area contributed by atoms with Crippen molar-refractivity contribution in [1.29, 1.82) is 0 Å². The van der Waals surface area contributed by atoms with Crippen molar-refractivity contribution in [2.75, 3.05) is 20.6 Å². The predicted molar refractivity (Wildman–Crippen MR) is 47.7 cm³/mol. The molecule has 0 radical (unpaired) electrons. The van der Waals surface area contributed by atoms with Crippen molar-refractivity contribution in [3.63, 3.8) is 0 Å². The molecule has 0 amide bonds. The Morgan fingerprint density at radius 3 is 2.36 bits per heavy atom. The highest BCUT2D eigenvalue weighted by Crippen LogP contribution is 1.66. The summed E-state index contributed by atoms with van der Waals surface area (Å²) in [4.78, 5) is 7.62. The highest BCUT2D eigenvalue weighted by Gasteiger charge is 1.94. The highest BCUT2D eigenvalue weighted by atomic mass is 15.2. The lowest BCUT2D eigenvalue weighted by Crippen LogP contribution is -2.44. The zero-order valence-electron chi connectivity index (χ0n) is 7.18. The SMILES string of the molecule is CCNC(=NC)NC(N)=NC. The van der Waals surface area contributed by atoms with Crippen LogP contribution in [0.4, 0.5) is 0 Å². The van der Waals surface area contributed by atoms with Crippen molar-refractivity contribution < 1.29 is 0 Å². The fourth-order valence-electron chi connectivity index (χ4n) is 0.524. The smallest absolute Gasteiger partial charge is 0.197 e. The number of hydrogen-bond donors (Lipinski definition) is 3. The third-order valence-electron chi connectivity index (χ3n) is 1.06. The zero-order chi connectivity index (χ0) is 8.69. The van der Waals surface area contributed by atoms with E-state index in [-0.39, 0.29) is 0 Å². The molecule has 0 aromatic rings. The molecule has 5 heteroatoms. The van der Waals surface area contributed by atoms with Gasteiger partial charge in [0.1, 0.15) is 0 Å². The first-order chi connectivity index (χ1) is 5.24. The molecule has 0 unspecified atom stereocenters. The van der Waals surface area contributed by atoms with Crippen LogP contribution in [0.3, 0.4) is 0 Å². The molecule has 0 saturated carbocycles. The maximum atomic E-state index is 5.40. The Kier molecular flexibility index (Phi) is 4.89. The summed E-state index contributed by atoms with van der Waals surface area (Å²) < 4.78 is 0. The number of guanidine groups is 2. The molecule has 4 N–H and O–H groups in total. The number of nitrogens with one attached hydrogen (secondary N) is 2. The first kappa shape index (κ1) is 9.74. The molecule has 0 bridgehead atoms. The van der Waals surface area contributed by atoms with Crippen LogP contribution >= 0.6 is 0 Å². The third kappa shape index (κ3) is 4.19. The predicted octanol–water partition coefficient (Wildman–Crippen LogP) is -0.884. The van der Waals surface area contributed by atoms with Crippen LogP contribution in [0.1, 0.15) is 6.92 Å². The highest BCUT2D eigenvalue weighted by molar-refractivity contribution is 5.97. The van der Waals surface area contributed by atoms with Gasteiger partial charge in [0.2, 0.25) is 0 Å². The molecule has 0 aromatic heterocycles. The van der Waals surface area contributed by atoms with Gasteiger partial charge in [-0.25, -0.2) is 0 Å². The minimum absolute atomic E-state index is 0.353. The first-order valence-corrected chi connectivity index (χ1v) is 3.44. The van der Waals surface area contributed by atoms with Gasteiger partial charge < -0.3 is 11.1 Å². The number of rotatable bonds is 1. The van der Waals surface area contributed by atoms with Gasteiger partial charge in [-0.05, 0) is 6.92 Å². The average molecular weight is 157 g/mol. The van der Waals surface area contributed by atoms with Crippen molar-refractivity contribution in [3.8, 4) is 0 Å². The van der Waals surface area contributed by atoms with E-state index in [1.165, 1.54) is 0 Å². The molecule has 5 nitrogen and oxygen atoms in total. The standard InChI is InChI=1S/C6H15N5/c1-4-10-6(9-3)11-5(7)8-2/h4H2,1-3H3,(H4,7,8,9,10,11). The van der Waals surface area contributed by atoms with Crippen molar-refractivity contribution in [1.82, 2.24) is 10.6 Å². The lowest BCUT2D eigenvalue weighted by atomic mass is 10.7. The van der Waals surface area contributed by atoms with Crippen LogP contribution in [0.15, 0.2) is 9.98 Å². The molecule has 0 fully saturated rings. The second-order valence-electron chi connectivity index (χ2n) is 1.84. The van der Waals surface area contributed by atoms with Crippen LogP contribution in [0.2, 0.25) is 0 Å². The minimum Gasteiger partial charge on any atom is -0.370 e. The molecule has 0 saturated heterocycles. The molecular formula is C6H15N5. The van der Waals surface area contributed by atoms with Crippen LogP contribution in [-0.2, 0) is 0 Å². The fraction of sp³-hybridized carbons (Fsp3) is 0.667. The fourth-order valence-corrected chi connectivity index (χ4v) is 0.524. The summed E-state index contributed by atoms with van der Waals surface area (Å²) in [6, 6.07) is 0. The number of hydrogen-bond acceptors (Lipinski definition) is 2. The third-order valence-corrected chi connectivity index (χ3v) is 1.06. The minimum atomic E-state index is 0.353.